The van der Waals surface area contributed by atoms with Gasteiger partial charge >= 0.3 is 0 Å². The van der Waals surface area contributed by atoms with Crippen molar-refractivity contribution in [2.45, 2.75) is 25.7 Å². The van der Waals surface area contributed by atoms with E-state index < -0.39 is 0 Å². The number of aromatic nitrogens is 2. The van der Waals surface area contributed by atoms with Crippen molar-refractivity contribution in [3.05, 3.63) is 41.3 Å². The number of hydrogen-bond acceptors (Lipinski definition) is 4. The lowest BCUT2D eigenvalue weighted by atomic mass is 10.1. The van der Waals surface area contributed by atoms with Gasteiger partial charge in [0, 0.05) is 23.2 Å². The molecule has 0 atom stereocenters. The van der Waals surface area contributed by atoms with Crippen molar-refractivity contribution in [3.63, 3.8) is 0 Å². The van der Waals surface area contributed by atoms with Crippen molar-refractivity contribution in [2.24, 2.45) is 5.84 Å². The average molecular weight is 258 g/mol. The van der Waals surface area contributed by atoms with Gasteiger partial charge in [-0.25, -0.2) is 20.2 Å². The SMILES string of the molecule is Cc1cc(F)cc(-c2nc(NN)cc(C3CC3)n2)c1. The highest BCUT2D eigenvalue weighted by molar-refractivity contribution is 5.59. The Morgan fingerprint density at radius 2 is 2.00 bits per heavy atom. The number of rotatable bonds is 3. The molecule has 3 N–H and O–H groups in total. The minimum atomic E-state index is -0.280. The molecule has 1 aromatic heterocycles. The topological polar surface area (TPSA) is 63.8 Å². The van der Waals surface area contributed by atoms with Gasteiger partial charge in [-0.2, -0.15) is 0 Å². The Kier molecular flexibility index (Phi) is 2.91. The Balaban J connectivity index is 2.09. The number of nitrogens with one attached hydrogen (secondary N) is 1. The first kappa shape index (κ1) is 12.0. The molecule has 2 aromatic rings. The van der Waals surface area contributed by atoms with Crippen LogP contribution in [0.3, 0.4) is 0 Å². The molecule has 3 rings (SSSR count). The van der Waals surface area contributed by atoms with E-state index in [4.69, 9.17) is 5.84 Å². The van der Waals surface area contributed by atoms with Crippen LogP contribution >= 0.6 is 0 Å². The van der Waals surface area contributed by atoms with Crippen molar-refractivity contribution in [1.29, 1.82) is 0 Å². The largest absolute Gasteiger partial charge is 0.308 e. The van der Waals surface area contributed by atoms with E-state index >= 15 is 0 Å². The molecule has 0 bridgehead atoms. The predicted octanol–water partition coefficient (Wildman–Crippen LogP) is 2.75. The summed E-state index contributed by atoms with van der Waals surface area (Å²) in [5.41, 5.74) is 5.04. The minimum Gasteiger partial charge on any atom is -0.308 e. The van der Waals surface area contributed by atoms with Crippen LogP contribution in [-0.2, 0) is 0 Å². The Bertz CT molecular complexity index is 603. The predicted molar refractivity (Wildman–Crippen MR) is 71.9 cm³/mol. The molecule has 19 heavy (non-hydrogen) atoms. The number of hydrogen-bond donors (Lipinski definition) is 2. The van der Waals surface area contributed by atoms with Gasteiger partial charge in [-0.1, -0.05) is 0 Å². The summed E-state index contributed by atoms with van der Waals surface area (Å²) in [5, 5.41) is 0. The van der Waals surface area contributed by atoms with Gasteiger partial charge in [0.2, 0.25) is 0 Å². The first-order chi connectivity index (χ1) is 9.15. The van der Waals surface area contributed by atoms with E-state index in [0.717, 1.165) is 24.1 Å². The van der Waals surface area contributed by atoms with Crippen LogP contribution in [0.25, 0.3) is 11.4 Å². The zero-order valence-electron chi connectivity index (χ0n) is 10.7. The maximum atomic E-state index is 13.5. The van der Waals surface area contributed by atoms with E-state index in [9.17, 15) is 4.39 Å². The fraction of sp³-hybridized carbons (Fsp3) is 0.286. The van der Waals surface area contributed by atoms with Crippen molar-refractivity contribution in [3.8, 4) is 11.4 Å². The number of nitrogens with two attached hydrogens (primary N) is 1. The number of aryl methyl sites for hydroxylation is 1. The highest BCUT2D eigenvalue weighted by atomic mass is 19.1. The summed E-state index contributed by atoms with van der Waals surface area (Å²) in [6.07, 6.45) is 2.28. The molecule has 0 radical (unpaired) electrons. The molecule has 5 heteroatoms. The number of anilines is 1. The van der Waals surface area contributed by atoms with Crippen molar-refractivity contribution in [1.82, 2.24) is 9.97 Å². The third-order valence-corrected chi connectivity index (χ3v) is 3.19. The van der Waals surface area contributed by atoms with Crippen LogP contribution in [0.4, 0.5) is 10.2 Å². The second kappa shape index (κ2) is 4.59. The average Bonchev–Trinajstić information content (AvgIpc) is 3.21. The summed E-state index contributed by atoms with van der Waals surface area (Å²) >= 11 is 0. The van der Waals surface area contributed by atoms with Gasteiger partial charge in [0.25, 0.3) is 0 Å². The number of nitrogens with zero attached hydrogens (tertiary/aromatic N) is 2. The fourth-order valence-corrected chi connectivity index (χ4v) is 2.12. The Hall–Kier alpha value is -2.01. The molecule has 0 saturated heterocycles. The van der Waals surface area contributed by atoms with Crippen molar-refractivity contribution >= 4 is 5.82 Å². The van der Waals surface area contributed by atoms with E-state index in [-0.39, 0.29) is 5.82 Å². The lowest BCUT2D eigenvalue weighted by Gasteiger charge is -2.08. The number of hydrazine groups is 1. The maximum Gasteiger partial charge on any atom is 0.161 e. The molecular formula is C14H15FN4. The van der Waals surface area contributed by atoms with Crippen LogP contribution in [0.1, 0.15) is 30.0 Å². The zero-order chi connectivity index (χ0) is 13.4. The molecule has 98 valence electrons. The summed E-state index contributed by atoms with van der Waals surface area (Å²) in [6, 6.07) is 6.65. The molecule has 1 saturated carbocycles. The fourth-order valence-electron chi connectivity index (χ4n) is 2.12. The monoisotopic (exact) mass is 258 g/mol. The summed E-state index contributed by atoms with van der Waals surface area (Å²) < 4.78 is 13.5. The summed E-state index contributed by atoms with van der Waals surface area (Å²) in [6.45, 7) is 1.85. The second-order valence-electron chi connectivity index (χ2n) is 4.94. The Labute approximate surface area is 110 Å². The zero-order valence-corrected chi connectivity index (χ0v) is 10.7. The van der Waals surface area contributed by atoms with Crippen molar-refractivity contribution in [2.75, 3.05) is 5.43 Å². The van der Waals surface area contributed by atoms with Gasteiger partial charge in [-0.05, 0) is 43.5 Å². The summed E-state index contributed by atoms with van der Waals surface area (Å²) in [7, 11) is 0. The number of nitrogen functional groups attached to an aromatic ring is 1. The molecule has 1 fully saturated rings. The van der Waals surface area contributed by atoms with E-state index in [1.165, 1.54) is 12.1 Å². The van der Waals surface area contributed by atoms with Gasteiger partial charge in [0.05, 0.1) is 0 Å². The highest BCUT2D eigenvalue weighted by Crippen LogP contribution is 2.40. The first-order valence-electron chi connectivity index (χ1n) is 6.29. The Morgan fingerprint density at radius 1 is 1.21 bits per heavy atom. The van der Waals surface area contributed by atoms with Crippen LogP contribution in [0.2, 0.25) is 0 Å². The van der Waals surface area contributed by atoms with Crippen molar-refractivity contribution < 1.29 is 4.39 Å². The van der Waals surface area contributed by atoms with Gasteiger partial charge in [0.15, 0.2) is 5.82 Å². The van der Waals surface area contributed by atoms with Crippen LogP contribution in [-0.4, -0.2) is 9.97 Å². The first-order valence-corrected chi connectivity index (χ1v) is 6.29. The molecule has 1 aromatic carbocycles. The standard InChI is InChI=1S/C14H15FN4/c1-8-4-10(6-11(15)5-8)14-17-12(9-2-3-9)7-13(18-14)19-16/h4-7,9H,2-3,16H2,1H3,(H,17,18,19). The molecule has 0 amide bonds. The van der Waals surface area contributed by atoms with Gasteiger partial charge < -0.3 is 5.43 Å². The summed E-state index contributed by atoms with van der Waals surface area (Å²) in [5.74, 6) is 6.72. The third-order valence-electron chi connectivity index (χ3n) is 3.19. The lowest BCUT2D eigenvalue weighted by Crippen LogP contribution is -2.10. The van der Waals surface area contributed by atoms with E-state index in [1.54, 1.807) is 0 Å². The molecule has 4 nitrogen and oxygen atoms in total. The maximum absolute atomic E-state index is 13.5. The molecule has 1 aliphatic carbocycles. The van der Waals surface area contributed by atoms with Crippen LogP contribution < -0.4 is 11.3 Å². The quantitative estimate of drug-likeness (QED) is 0.656. The molecular weight excluding hydrogens is 243 g/mol. The van der Waals surface area contributed by atoms with E-state index in [1.807, 2.05) is 19.1 Å². The number of halogens is 1. The van der Waals surface area contributed by atoms with Crippen LogP contribution in [0.5, 0.6) is 0 Å². The lowest BCUT2D eigenvalue weighted by molar-refractivity contribution is 0.627. The smallest absolute Gasteiger partial charge is 0.161 e. The summed E-state index contributed by atoms with van der Waals surface area (Å²) in [4.78, 5) is 8.82. The molecule has 1 heterocycles. The normalized spacial score (nSPS) is 14.5. The number of benzene rings is 1. The van der Waals surface area contributed by atoms with Crippen LogP contribution in [0.15, 0.2) is 24.3 Å². The molecule has 0 spiro atoms. The minimum absolute atomic E-state index is 0.280. The third kappa shape index (κ3) is 2.56. The van der Waals surface area contributed by atoms with Gasteiger partial charge in [-0.15, -0.1) is 0 Å². The molecule has 0 aliphatic heterocycles. The van der Waals surface area contributed by atoms with Crippen LogP contribution in [0, 0.1) is 12.7 Å². The van der Waals surface area contributed by atoms with Gasteiger partial charge in [0.1, 0.15) is 11.6 Å². The Morgan fingerprint density at radius 3 is 2.63 bits per heavy atom. The highest BCUT2D eigenvalue weighted by Gasteiger charge is 2.26. The second-order valence-corrected chi connectivity index (χ2v) is 4.94. The molecule has 1 aliphatic rings. The molecule has 0 unspecified atom stereocenters. The van der Waals surface area contributed by atoms with Gasteiger partial charge in [-0.3, -0.25) is 0 Å². The van der Waals surface area contributed by atoms with E-state index in [0.29, 0.717) is 23.1 Å². The van der Waals surface area contributed by atoms with E-state index in [2.05, 4.69) is 15.4 Å².